The lowest BCUT2D eigenvalue weighted by atomic mass is 9.68. The van der Waals surface area contributed by atoms with E-state index >= 15 is 0 Å². The SMILES string of the molecule is c1ccc(-c2ccc(-c3cc(-c4ccccc4)nc(-c4cccc(-c5ccc(-c6cccc7c6-c6ccccc6C76CCCCC6)cc5)c4)n3)cc2)cc1. The fourth-order valence-corrected chi connectivity index (χ4v) is 9.06. The van der Waals surface area contributed by atoms with Crippen molar-refractivity contribution in [3.8, 4) is 78.4 Å². The van der Waals surface area contributed by atoms with Gasteiger partial charge >= 0.3 is 0 Å². The fraction of sp³-hybridized carbons (Fsp3) is 0.115. The Kier molecular flexibility index (Phi) is 8.10. The van der Waals surface area contributed by atoms with Crippen LogP contribution in [0.25, 0.3) is 78.4 Å². The minimum Gasteiger partial charge on any atom is -0.228 e. The number of hydrogen-bond acceptors (Lipinski definition) is 2. The first kappa shape index (κ1) is 32.3. The Hall–Kier alpha value is -6.38. The van der Waals surface area contributed by atoms with Crippen molar-refractivity contribution in [3.63, 3.8) is 0 Å². The van der Waals surface area contributed by atoms with E-state index in [2.05, 4.69) is 176 Å². The lowest BCUT2D eigenvalue weighted by Crippen LogP contribution is -2.27. The van der Waals surface area contributed by atoms with Crippen LogP contribution in [0.1, 0.15) is 43.2 Å². The molecule has 0 atom stereocenters. The molecule has 0 radical (unpaired) electrons. The molecule has 2 heteroatoms. The third-order valence-corrected chi connectivity index (χ3v) is 11.7. The summed E-state index contributed by atoms with van der Waals surface area (Å²) in [6.45, 7) is 0. The van der Waals surface area contributed by atoms with Gasteiger partial charge in [-0.25, -0.2) is 9.97 Å². The van der Waals surface area contributed by atoms with Gasteiger partial charge in [0.05, 0.1) is 11.4 Å². The molecule has 1 aromatic heterocycles. The molecule has 0 unspecified atom stereocenters. The van der Waals surface area contributed by atoms with E-state index in [-0.39, 0.29) is 5.41 Å². The average Bonchev–Trinajstić information content (AvgIpc) is 3.53. The van der Waals surface area contributed by atoms with Crippen molar-refractivity contribution >= 4 is 0 Å². The summed E-state index contributed by atoms with van der Waals surface area (Å²) in [5.41, 5.74) is 18.3. The summed E-state index contributed by atoms with van der Waals surface area (Å²) in [6, 6.07) is 65.7. The van der Waals surface area contributed by atoms with E-state index in [9.17, 15) is 0 Å². The Morgan fingerprint density at radius 1 is 0.333 bits per heavy atom. The Morgan fingerprint density at radius 3 is 1.54 bits per heavy atom. The van der Waals surface area contributed by atoms with Gasteiger partial charge in [-0.2, -0.15) is 0 Å². The van der Waals surface area contributed by atoms with E-state index in [1.54, 1.807) is 0 Å². The summed E-state index contributed by atoms with van der Waals surface area (Å²) >= 11 is 0. The van der Waals surface area contributed by atoms with Crippen LogP contribution in [-0.4, -0.2) is 9.97 Å². The van der Waals surface area contributed by atoms with Gasteiger partial charge in [-0.3, -0.25) is 0 Å². The van der Waals surface area contributed by atoms with Crippen LogP contribution in [0.3, 0.4) is 0 Å². The largest absolute Gasteiger partial charge is 0.228 e. The van der Waals surface area contributed by atoms with E-state index in [4.69, 9.17) is 9.97 Å². The summed E-state index contributed by atoms with van der Waals surface area (Å²) in [6.07, 6.45) is 6.44. The van der Waals surface area contributed by atoms with Crippen molar-refractivity contribution in [3.05, 3.63) is 193 Å². The van der Waals surface area contributed by atoms with Gasteiger partial charge in [0.15, 0.2) is 5.82 Å². The number of aromatic nitrogens is 2. The molecule has 2 aliphatic carbocycles. The van der Waals surface area contributed by atoms with E-state index < -0.39 is 0 Å². The average molecular weight is 693 g/mol. The molecular formula is C52H40N2. The van der Waals surface area contributed by atoms with E-state index in [0.29, 0.717) is 5.82 Å². The summed E-state index contributed by atoms with van der Waals surface area (Å²) in [5.74, 6) is 0.715. The van der Waals surface area contributed by atoms with Crippen molar-refractivity contribution in [2.75, 3.05) is 0 Å². The highest BCUT2D eigenvalue weighted by Gasteiger charge is 2.44. The maximum absolute atomic E-state index is 5.17. The van der Waals surface area contributed by atoms with Crippen molar-refractivity contribution in [2.45, 2.75) is 37.5 Å². The third-order valence-electron chi connectivity index (χ3n) is 11.7. The van der Waals surface area contributed by atoms with Gasteiger partial charge in [0.2, 0.25) is 0 Å². The van der Waals surface area contributed by atoms with E-state index in [1.807, 2.05) is 6.07 Å². The van der Waals surface area contributed by atoms with Crippen LogP contribution in [-0.2, 0) is 5.41 Å². The maximum Gasteiger partial charge on any atom is 0.160 e. The van der Waals surface area contributed by atoms with Crippen LogP contribution < -0.4 is 0 Å². The Bertz CT molecular complexity index is 2600. The molecule has 258 valence electrons. The lowest BCUT2D eigenvalue weighted by molar-refractivity contribution is 0.353. The van der Waals surface area contributed by atoms with Crippen LogP contribution in [0.2, 0.25) is 0 Å². The van der Waals surface area contributed by atoms with Gasteiger partial charge in [-0.05, 0) is 80.6 Å². The Morgan fingerprint density at radius 2 is 0.815 bits per heavy atom. The van der Waals surface area contributed by atoms with Gasteiger partial charge in [-0.1, -0.05) is 189 Å². The second-order valence-corrected chi connectivity index (χ2v) is 14.8. The third kappa shape index (κ3) is 5.67. The molecule has 54 heavy (non-hydrogen) atoms. The smallest absolute Gasteiger partial charge is 0.160 e. The summed E-state index contributed by atoms with van der Waals surface area (Å²) in [7, 11) is 0. The molecule has 0 aliphatic heterocycles. The molecule has 7 aromatic carbocycles. The summed E-state index contributed by atoms with van der Waals surface area (Å²) in [5, 5.41) is 0. The number of nitrogens with zero attached hydrogens (tertiary/aromatic N) is 2. The van der Waals surface area contributed by atoms with Crippen LogP contribution in [0, 0.1) is 0 Å². The first-order valence-electron chi connectivity index (χ1n) is 19.3. The molecular weight excluding hydrogens is 653 g/mol. The van der Waals surface area contributed by atoms with Gasteiger partial charge in [0, 0.05) is 22.1 Å². The molecule has 8 aromatic rings. The summed E-state index contributed by atoms with van der Waals surface area (Å²) in [4.78, 5) is 10.3. The van der Waals surface area contributed by atoms with Crippen molar-refractivity contribution in [1.82, 2.24) is 9.97 Å². The van der Waals surface area contributed by atoms with Crippen LogP contribution in [0.15, 0.2) is 182 Å². The van der Waals surface area contributed by atoms with Crippen LogP contribution in [0.5, 0.6) is 0 Å². The first-order chi connectivity index (χ1) is 26.7. The van der Waals surface area contributed by atoms with Crippen molar-refractivity contribution in [2.24, 2.45) is 0 Å². The molecule has 0 saturated heterocycles. The highest BCUT2D eigenvalue weighted by molar-refractivity contribution is 5.93. The standard InChI is InChI=1S/C52H40N2/c1-4-14-36(15-5-1)37-26-30-41(31-27-37)49-35-48(40-16-6-2-7-17-40)53-51(54-49)43-19-12-18-42(34-43)38-24-28-39(29-25-38)44-21-13-23-47-50(44)45-20-8-9-22-46(45)52(47)32-10-3-11-33-52/h1-2,4-9,12-31,34-35H,3,10-11,32-33H2. The molecule has 2 nitrogen and oxygen atoms in total. The van der Waals surface area contributed by atoms with E-state index in [0.717, 1.165) is 33.6 Å². The molecule has 1 saturated carbocycles. The highest BCUT2D eigenvalue weighted by atomic mass is 14.9. The van der Waals surface area contributed by atoms with E-state index in [1.165, 1.54) is 82.2 Å². The second-order valence-electron chi connectivity index (χ2n) is 14.8. The zero-order valence-corrected chi connectivity index (χ0v) is 30.3. The number of benzene rings is 7. The fourth-order valence-electron chi connectivity index (χ4n) is 9.06. The second kappa shape index (κ2) is 13.5. The zero-order chi connectivity index (χ0) is 35.9. The van der Waals surface area contributed by atoms with Gasteiger partial charge < -0.3 is 0 Å². The van der Waals surface area contributed by atoms with Crippen LogP contribution >= 0.6 is 0 Å². The number of hydrogen-bond donors (Lipinski definition) is 0. The van der Waals surface area contributed by atoms with Crippen LogP contribution in [0.4, 0.5) is 0 Å². The van der Waals surface area contributed by atoms with Crippen molar-refractivity contribution < 1.29 is 0 Å². The quantitative estimate of drug-likeness (QED) is 0.173. The number of rotatable bonds is 6. The topological polar surface area (TPSA) is 25.8 Å². The molecule has 1 heterocycles. The molecule has 2 aliphatic rings. The zero-order valence-electron chi connectivity index (χ0n) is 30.3. The Labute approximate surface area is 317 Å². The Balaban J connectivity index is 1.00. The lowest BCUT2D eigenvalue weighted by Gasteiger charge is -2.36. The minimum absolute atomic E-state index is 0.159. The van der Waals surface area contributed by atoms with Gasteiger partial charge in [-0.15, -0.1) is 0 Å². The molecule has 1 fully saturated rings. The molecule has 0 bridgehead atoms. The predicted octanol–water partition coefficient (Wildman–Crippen LogP) is 13.7. The number of fused-ring (bicyclic) bond motifs is 5. The normalized spacial score (nSPS) is 14.1. The summed E-state index contributed by atoms with van der Waals surface area (Å²) < 4.78 is 0. The van der Waals surface area contributed by atoms with Gasteiger partial charge in [0.1, 0.15) is 0 Å². The molecule has 0 amide bonds. The molecule has 10 rings (SSSR count). The van der Waals surface area contributed by atoms with Crippen molar-refractivity contribution in [1.29, 1.82) is 0 Å². The first-order valence-corrected chi connectivity index (χ1v) is 19.3. The minimum atomic E-state index is 0.159. The maximum atomic E-state index is 5.17. The molecule has 1 spiro atoms. The monoisotopic (exact) mass is 692 g/mol. The van der Waals surface area contributed by atoms with Gasteiger partial charge in [0.25, 0.3) is 0 Å². The highest BCUT2D eigenvalue weighted by Crippen LogP contribution is 2.57. The molecule has 0 N–H and O–H groups in total. The predicted molar refractivity (Wildman–Crippen MR) is 224 cm³/mol.